The molecule has 2 heterocycles. The van der Waals surface area contributed by atoms with E-state index in [4.69, 9.17) is 5.11 Å². The van der Waals surface area contributed by atoms with Crippen molar-refractivity contribution in [2.45, 2.75) is 6.92 Å². The summed E-state index contributed by atoms with van der Waals surface area (Å²) in [4.78, 5) is 11.1. The van der Waals surface area contributed by atoms with E-state index in [0.29, 0.717) is 17.3 Å². The zero-order valence-corrected chi connectivity index (χ0v) is 9.80. The average Bonchev–Trinajstić information content (AvgIpc) is 2.72. The number of anilines is 2. The van der Waals surface area contributed by atoms with Gasteiger partial charge >= 0.3 is 5.97 Å². The summed E-state index contributed by atoms with van der Waals surface area (Å²) >= 11 is 0. The van der Waals surface area contributed by atoms with Gasteiger partial charge in [-0.05, 0) is 6.92 Å². The van der Waals surface area contributed by atoms with Crippen LogP contribution in [0.4, 0.5) is 11.6 Å². The monoisotopic (exact) mass is 235 g/mol. The van der Waals surface area contributed by atoms with E-state index in [0.717, 1.165) is 0 Å². The topological polar surface area (TPSA) is 85.0 Å². The second kappa shape index (κ2) is 3.93. The van der Waals surface area contributed by atoms with Crippen LogP contribution < -0.4 is 5.32 Å². The van der Waals surface area contributed by atoms with Gasteiger partial charge in [0.2, 0.25) is 0 Å². The summed E-state index contributed by atoms with van der Waals surface area (Å²) in [6.45, 7) is 1.66. The van der Waals surface area contributed by atoms with Crippen molar-refractivity contribution < 1.29 is 9.90 Å². The number of rotatable bonds is 3. The van der Waals surface area contributed by atoms with E-state index < -0.39 is 5.97 Å². The molecule has 2 rings (SSSR count). The highest BCUT2D eigenvalue weighted by Crippen LogP contribution is 2.21. The van der Waals surface area contributed by atoms with Crippen molar-refractivity contribution >= 4 is 17.6 Å². The zero-order chi connectivity index (χ0) is 12.6. The summed E-state index contributed by atoms with van der Waals surface area (Å²) in [6.07, 6.45) is 1.77. The van der Waals surface area contributed by atoms with E-state index in [1.807, 2.05) is 0 Å². The molecule has 0 atom stereocenters. The molecule has 90 valence electrons. The average molecular weight is 235 g/mol. The number of aryl methyl sites for hydroxylation is 3. The van der Waals surface area contributed by atoms with Crippen LogP contribution in [0.2, 0.25) is 0 Å². The van der Waals surface area contributed by atoms with Crippen LogP contribution in [0, 0.1) is 6.92 Å². The quantitative estimate of drug-likeness (QED) is 0.825. The molecule has 2 aromatic rings. The summed E-state index contributed by atoms with van der Waals surface area (Å²) < 4.78 is 3.12. The summed E-state index contributed by atoms with van der Waals surface area (Å²) in [5.74, 6) is 0.000677. The first-order valence-electron chi connectivity index (χ1n) is 5.02. The number of hydrogen-bond acceptors (Lipinski definition) is 4. The first kappa shape index (κ1) is 11.2. The summed E-state index contributed by atoms with van der Waals surface area (Å²) in [6, 6.07) is 1.76. The van der Waals surface area contributed by atoms with Crippen molar-refractivity contribution in [3.63, 3.8) is 0 Å². The Morgan fingerprint density at radius 1 is 1.41 bits per heavy atom. The Hall–Kier alpha value is -2.31. The molecule has 0 fully saturated rings. The highest BCUT2D eigenvalue weighted by molar-refractivity contribution is 5.95. The molecule has 0 radical (unpaired) electrons. The van der Waals surface area contributed by atoms with Crippen molar-refractivity contribution in [2.75, 3.05) is 5.32 Å². The number of carbonyl (C=O) groups is 1. The van der Waals surface area contributed by atoms with Crippen molar-refractivity contribution in [1.29, 1.82) is 0 Å². The van der Waals surface area contributed by atoms with E-state index in [1.54, 1.807) is 38.0 Å². The molecule has 0 unspecified atom stereocenters. The number of aromatic nitrogens is 4. The second-order valence-electron chi connectivity index (χ2n) is 3.74. The molecular formula is C10H13N5O2. The molecule has 0 aliphatic carbocycles. The van der Waals surface area contributed by atoms with Crippen LogP contribution in [0.3, 0.4) is 0 Å². The first-order valence-corrected chi connectivity index (χ1v) is 5.02. The highest BCUT2D eigenvalue weighted by atomic mass is 16.4. The summed E-state index contributed by atoms with van der Waals surface area (Å²) in [5.41, 5.74) is 0.636. The van der Waals surface area contributed by atoms with Gasteiger partial charge in [0.1, 0.15) is 11.4 Å². The molecule has 0 aliphatic heterocycles. The molecule has 0 spiro atoms. The van der Waals surface area contributed by atoms with Crippen LogP contribution in [-0.4, -0.2) is 30.6 Å². The lowest BCUT2D eigenvalue weighted by Gasteiger charge is -2.04. The third kappa shape index (κ3) is 1.99. The largest absolute Gasteiger partial charge is 0.477 e. The molecule has 17 heavy (non-hydrogen) atoms. The van der Waals surface area contributed by atoms with E-state index in [-0.39, 0.29) is 5.56 Å². The lowest BCUT2D eigenvalue weighted by atomic mass is 10.2. The Labute approximate surface area is 97.7 Å². The Kier molecular flexibility index (Phi) is 2.58. The Balaban J connectivity index is 2.41. The van der Waals surface area contributed by atoms with Crippen molar-refractivity contribution in [2.24, 2.45) is 14.1 Å². The summed E-state index contributed by atoms with van der Waals surface area (Å²) in [5, 5.41) is 20.3. The fraction of sp³-hybridized carbons (Fsp3) is 0.300. The molecule has 7 heteroatoms. The van der Waals surface area contributed by atoms with Crippen LogP contribution in [0.25, 0.3) is 0 Å². The number of carboxylic acid groups (broad SMARTS) is 1. The molecule has 0 saturated carbocycles. The minimum Gasteiger partial charge on any atom is -0.477 e. The Morgan fingerprint density at radius 2 is 2.12 bits per heavy atom. The maximum atomic E-state index is 11.1. The van der Waals surface area contributed by atoms with Gasteiger partial charge in [-0.3, -0.25) is 9.36 Å². The van der Waals surface area contributed by atoms with Crippen LogP contribution in [0.1, 0.15) is 16.1 Å². The van der Waals surface area contributed by atoms with Crippen LogP contribution in [0.15, 0.2) is 12.3 Å². The van der Waals surface area contributed by atoms with Gasteiger partial charge in [-0.1, -0.05) is 0 Å². The van der Waals surface area contributed by atoms with Crippen LogP contribution in [-0.2, 0) is 14.1 Å². The minimum atomic E-state index is -1.01. The predicted octanol–water partition coefficient (Wildman–Crippen LogP) is 0.904. The lowest BCUT2D eigenvalue weighted by Crippen LogP contribution is -2.05. The highest BCUT2D eigenvalue weighted by Gasteiger charge is 2.20. The summed E-state index contributed by atoms with van der Waals surface area (Å²) in [7, 11) is 3.47. The molecule has 0 bridgehead atoms. The molecule has 0 aliphatic rings. The fourth-order valence-corrected chi connectivity index (χ4v) is 1.66. The zero-order valence-electron chi connectivity index (χ0n) is 9.80. The number of aromatic carboxylic acids is 1. The number of nitrogens with zero attached hydrogens (tertiary/aromatic N) is 4. The third-order valence-electron chi connectivity index (χ3n) is 2.40. The van der Waals surface area contributed by atoms with Gasteiger partial charge in [-0.2, -0.15) is 10.2 Å². The van der Waals surface area contributed by atoms with E-state index >= 15 is 0 Å². The Bertz CT molecular complexity index is 569. The maximum absolute atomic E-state index is 11.1. The minimum absolute atomic E-state index is 0.165. The smallest absolute Gasteiger partial charge is 0.341 e. The van der Waals surface area contributed by atoms with E-state index in [1.165, 1.54) is 4.68 Å². The maximum Gasteiger partial charge on any atom is 0.341 e. The van der Waals surface area contributed by atoms with Gasteiger partial charge in [0.25, 0.3) is 0 Å². The molecule has 0 amide bonds. The lowest BCUT2D eigenvalue weighted by molar-refractivity contribution is 0.0697. The molecule has 0 aromatic carbocycles. The van der Waals surface area contributed by atoms with Crippen molar-refractivity contribution in [3.05, 3.63) is 23.5 Å². The van der Waals surface area contributed by atoms with Gasteiger partial charge < -0.3 is 10.4 Å². The Morgan fingerprint density at radius 3 is 2.65 bits per heavy atom. The molecule has 2 aromatic heterocycles. The van der Waals surface area contributed by atoms with Gasteiger partial charge in [0.15, 0.2) is 5.82 Å². The number of nitrogens with one attached hydrogen (secondary N) is 1. The van der Waals surface area contributed by atoms with Crippen LogP contribution >= 0.6 is 0 Å². The molecular weight excluding hydrogens is 222 g/mol. The second-order valence-corrected chi connectivity index (χ2v) is 3.74. The van der Waals surface area contributed by atoms with E-state index in [2.05, 4.69) is 15.5 Å². The van der Waals surface area contributed by atoms with Gasteiger partial charge in [-0.25, -0.2) is 4.79 Å². The number of hydrogen-bond donors (Lipinski definition) is 2. The SMILES string of the molecule is Cc1nn(C)c(Nc2ccn(C)n2)c1C(=O)O. The van der Waals surface area contributed by atoms with Gasteiger partial charge in [0.05, 0.1) is 5.69 Å². The predicted molar refractivity (Wildman–Crippen MR) is 61.4 cm³/mol. The standard InChI is InChI=1S/C10H13N5O2/c1-6-8(10(16)17)9(15(3)12-6)11-7-4-5-14(2)13-7/h4-5H,1-3H3,(H,11,13)(H,16,17). The van der Waals surface area contributed by atoms with Crippen molar-refractivity contribution in [3.8, 4) is 0 Å². The molecule has 0 saturated heterocycles. The van der Waals surface area contributed by atoms with Crippen molar-refractivity contribution in [1.82, 2.24) is 19.6 Å². The number of carboxylic acids is 1. The van der Waals surface area contributed by atoms with Crippen LogP contribution in [0.5, 0.6) is 0 Å². The first-order chi connectivity index (χ1) is 7.99. The normalized spacial score (nSPS) is 10.5. The fourth-order valence-electron chi connectivity index (χ4n) is 1.66. The van der Waals surface area contributed by atoms with Gasteiger partial charge in [-0.15, -0.1) is 0 Å². The molecule has 7 nitrogen and oxygen atoms in total. The van der Waals surface area contributed by atoms with E-state index in [9.17, 15) is 4.79 Å². The van der Waals surface area contributed by atoms with Gasteiger partial charge in [0, 0.05) is 26.4 Å². The third-order valence-corrected chi connectivity index (χ3v) is 2.40. The molecule has 2 N–H and O–H groups in total.